The summed E-state index contributed by atoms with van der Waals surface area (Å²) in [7, 11) is -6.14. The summed E-state index contributed by atoms with van der Waals surface area (Å²) in [5.74, 6) is -6.88. The molecule has 0 aromatic heterocycles. The highest BCUT2D eigenvalue weighted by molar-refractivity contribution is 7.87. The summed E-state index contributed by atoms with van der Waals surface area (Å²) in [6, 6.07) is 0. The van der Waals surface area contributed by atoms with E-state index in [2.05, 4.69) is 0 Å². The Bertz CT molecular complexity index is 347. The molecule has 8 heteroatoms. The van der Waals surface area contributed by atoms with Crippen LogP contribution in [0, 0.1) is 5.92 Å². The fourth-order valence-electron chi connectivity index (χ4n) is 0.847. The molecule has 1 atom stereocenters. The number of hydrogen-bond acceptors (Lipinski definition) is 2. The van der Waals surface area contributed by atoms with Crippen molar-refractivity contribution in [3.05, 3.63) is 12.2 Å². The summed E-state index contributed by atoms with van der Waals surface area (Å²) in [5.41, 5.74) is 0. The van der Waals surface area contributed by atoms with Crippen LogP contribution in [-0.2, 0) is 10.1 Å². The van der Waals surface area contributed by atoms with Crippen molar-refractivity contribution in [2.45, 2.75) is 25.0 Å². The Kier molecular flexibility index (Phi) is 3.92. The van der Waals surface area contributed by atoms with Gasteiger partial charge in [0.15, 0.2) is 0 Å². The summed E-state index contributed by atoms with van der Waals surface area (Å²) in [6.07, 6.45) is 1.80. The van der Waals surface area contributed by atoms with Gasteiger partial charge in [-0.25, -0.2) is 0 Å². The van der Waals surface area contributed by atoms with Crippen LogP contribution in [-0.4, -0.2) is 24.1 Å². The molecule has 0 aliphatic carbocycles. The summed E-state index contributed by atoms with van der Waals surface area (Å²) in [6.45, 7) is 2.04. The average Bonchev–Trinajstić information content (AvgIpc) is 2.02. The van der Waals surface area contributed by atoms with Crippen molar-refractivity contribution in [1.29, 1.82) is 0 Å². The fraction of sp³-hybridized carbons (Fsp3) is 0.714. The SMILES string of the molecule is C/C=C/C(C)C(F)(F)C(F)(F)S(=O)(=O)O. The number of rotatable bonds is 4. The minimum Gasteiger partial charge on any atom is -0.281 e. The number of hydrogen-bond donors (Lipinski definition) is 1. The smallest absolute Gasteiger partial charge is 0.281 e. The molecule has 0 aliphatic rings. The van der Waals surface area contributed by atoms with Crippen LogP contribution < -0.4 is 0 Å². The molecule has 0 aromatic carbocycles. The Balaban J connectivity index is 5.37. The van der Waals surface area contributed by atoms with Crippen LogP contribution in [0.3, 0.4) is 0 Å². The molecule has 15 heavy (non-hydrogen) atoms. The third kappa shape index (κ3) is 2.49. The van der Waals surface area contributed by atoms with Crippen molar-refractivity contribution in [3.8, 4) is 0 Å². The number of allylic oxidation sites excluding steroid dienone is 2. The molecule has 0 rings (SSSR count). The van der Waals surface area contributed by atoms with E-state index in [-0.39, 0.29) is 0 Å². The van der Waals surface area contributed by atoms with Gasteiger partial charge >= 0.3 is 21.3 Å². The monoisotopic (exact) mass is 250 g/mol. The topological polar surface area (TPSA) is 54.4 Å². The average molecular weight is 250 g/mol. The standard InChI is InChI=1S/C7H10F4O3S/c1-3-4-5(2)6(8,9)7(10,11)15(12,13)14/h3-5H,1-2H3,(H,12,13,14)/b4-3+. The first kappa shape index (κ1) is 14.4. The van der Waals surface area contributed by atoms with Crippen molar-refractivity contribution < 1.29 is 30.5 Å². The van der Waals surface area contributed by atoms with Crippen LogP contribution in [0.1, 0.15) is 13.8 Å². The van der Waals surface area contributed by atoms with Crippen LogP contribution in [0.2, 0.25) is 0 Å². The molecule has 0 bridgehead atoms. The Morgan fingerprint density at radius 1 is 1.27 bits per heavy atom. The van der Waals surface area contributed by atoms with Gasteiger partial charge in [-0.1, -0.05) is 19.1 Å². The van der Waals surface area contributed by atoms with Crippen LogP contribution >= 0.6 is 0 Å². The molecule has 0 amide bonds. The summed E-state index contributed by atoms with van der Waals surface area (Å²) >= 11 is 0. The molecule has 0 aromatic rings. The minimum atomic E-state index is -6.14. The van der Waals surface area contributed by atoms with E-state index in [1.165, 1.54) is 6.92 Å². The molecule has 0 aliphatic heterocycles. The lowest BCUT2D eigenvalue weighted by Gasteiger charge is -2.27. The summed E-state index contributed by atoms with van der Waals surface area (Å²) < 4.78 is 79.4. The van der Waals surface area contributed by atoms with Gasteiger partial charge in [0.2, 0.25) is 0 Å². The van der Waals surface area contributed by atoms with Gasteiger partial charge in [0, 0.05) is 5.92 Å². The second-order valence-corrected chi connectivity index (χ2v) is 4.39. The van der Waals surface area contributed by atoms with Crippen molar-refractivity contribution in [2.24, 2.45) is 5.92 Å². The highest BCUT2D eigenvalue weighted by Crippen LogP contribution is 2.43. The zero-order valence-corrected chi connectivity index (χ0v) is 8.73. The van der Waals surface area contributed by atoms with Crippen LogP contribution in [0.4, 0.5) is 17.6 Å². The molecule has 0 spiro atoms. The van der Waals surface area contributed by atoms with E-state index in [4.69, 9.17) is 4.55 Å². The number of halogens is 4. The third-order valence-corrected chi connectivity index (χ3v) is 2.69. The van der Waals surface area contributed by atoms with Gasteiger partial charge in [-0.05, 0) is 6.92 Å². The second-order valence-electron chi connectivity index (χ2n) is 2.93. The van der Waals surface area contributed by atoms with Crippen LogP contribution in [0.15, 0.2) is 12.2 Å². The highest BCUT2D eigenvalue weighted by atomic mass is 32.2. The summed E-state index contributed by atoms with van der Waals surface area (Å²) in [4.78, 5) is 0. The maximum Gasteiger partial charge on any atom is 0.432 e. The van der Waals surface area contributed by atoms with Gasteiger partial charge in [-0.3, -0.25) is 4.55 Å². The molecular formula is C7H10F4O3S. The highest BCUT2D eigenvalue weighted by Gasteiger charge is 2.67. The van der Waals surface area contributed by atoms with Gasteiger partial charge in [0.25, 0.3) is 0 Å². The predicted octanol–water partition coefficient (Wildman–Crippen LogP) is 2.31. The molecule has 0 radical (unpaired) electrons. The molecule has 0 heterocycles. The molecule has 3 nitrogen and oxygen atoms in total. The quantitative estimate of drug-likeness (QED) is 0.473. The van der Waals surface area contributed by atoms with E-state index in [0.29, 0.717) is 0 Å². The molecule has 0 saturated heterocycles. The van der Waals surface area contributed by atoms with Crippen LogP contribution in [0.25, 0.3) is 0 Å². The summed E-state index contributed by atoms with van der Waals surface area (Å²) in [5, 5.41) is -5.50. The minimum absolute atomic E-state index is 0.721. The molecule has 1 N–H and O–H groups in total. The third-order valence-electron chi connectivity index (χ3n) is 1.77. The van der Waals surface area contributed by atoms with Crippen molar-refractivity contribution in [2.75, 3.05) is 0 Å². The van der Waals surface area contributed by atoms with E-state index in [1.54, 1.807) is 0 Å². The van der Waals surface area contributed by atoms with E-state index in [9.17, 15) is 26.0 Å². The first-order chi connectivity index (χ1) is 6.48. The maximum atomic E-state index is 12.9. The Morgan fingerprint density at radius 3 is 1.93 bits per heavy atom. The largest absolute Gasteiger partial charge is 0.432 e. The van der Waals surface area contributed by atoms with Crippen molar-refractivity contribution in [1.82, 2.24) is 0 Å². The molecular weight excluding hydrogens is 240 g/mol. The van der Waals surface area contributed by atoms with Gasteiger partial charge in [0.05, 0.1) is 0 Å². The zero-order valence-electron chi connectivity index (χ0n) is 7.92. The Hall–Kier alpha value is -0.630. The molecule has 90 valence electrons. The van der Waals surface area contributed by atoms with Crippen molar-refractivity contribution >= 4 is 10.1 Å². The lowest BCUT2D eigenvalue weighted by Crippen LogP contribution is -2.50. The van der Waals surface area contributed by atoms with Crippen molar-refractivity contribution in [3.63, 3.8) is 0 Å². The molecule has 0 saturated carbocycles. The van der Waals surface area contributed by atoms with Gasteiger partial charge in [-0.15, -0.1) is 0 Å². The normalized spacial score (nSPS) is 17.0. The Morgan fingerprint density at radius 2 is 1.67 bits per heavy atom. The zero-order chi connectivity index (χ0) is 12.5. The van der Waals surface area contributed by atoms with E-state index in [0.717, 1.165) is 19.1 Å². The predicted molar refractivity (Wildman–Crippen MR) is 45.4 cm³/mol. The van der Waals surface area contributed by atoms with E-state index >= 15 is 0 Å². The van der Waals surface area contributed by atoms with Gasteiger partial charge in [-0.2, -0.15) is 26.0 Å². The number of alkyl halides is 4. The first-order valence-corrected chi connectivity index (χ1v) is 5.28. The van der Waals surface area contributed by atoms with E-state index < -0.39 is 27.2 Å². The lowest BCUT2D eigenvalue weighted by molar-refractivity contribution is -0.179. The molecule has 0 fully saturated rings. The second kappa shape index (κ2) is 4.09. The maximum absolute atomic E-state index is 12.9. The molecule has 1 unspecified atom stereocenters. The Labute approximate surface area is 84.5 Å². The fourth-order valence-corrected chi connectivity index (χ4v) is 1.38. The lowest BCUT2D eigenvalue weighted by atomic mass is 10.0. The van der Waals surface area contributed by atoms with E-state index in [1.807, 2.05) is 0 Å². The first-order valence-electron chi connectivity index (χ1n) is 3.84. The van der Waals surface area contributed by atoms with Gasteiger partial charge < -0.3 is 0 Å². The van der Waals surface area contributed by atoms with Crippen LogP contribution in [0.5, 0.6) is 0 Å². The van der Waals surface area contributed by atoms with Gasteiger partial charge in [0.1, 0.15) is 0 Å².